The van der Waals surface area contributed by atoms with Gasteiger partial charge in [0.1, 0.15) is 17.6 Å². The zero-order valence-corrected chi connectivity index (χ0v) is 11.3. The number of aryl methyl sites for hydroxylation is 1. The lowest BCUT2D eigenvalue weighted by Gasteiger charge is -2.17. The molecule has 1 aromatic heterocycles. The number of nitrogens with zero attached hydrogens (tertiary/aromatic N) is 1. The Labute approximate surface area is 116 Å². The molecule has 0 spiro atoms. The van der Waals surface area contributed by atoms with E-state index in [9.17, 15) is 9.18 Å². The number of hydrogen-bond acceptors (Lipinski definition) is 4. The molecule has 20 heavy (non-hydrogen) atoms. The number of hydrogen-bond donors (Lipinski definition) is 2. The van der Waals surface area contributed by atoms with E-state index < -0.39 is 6.04 Å². The highest BCUT2D eigenvalue weighted by Crippen LogP contribution is 2.13. The Hall–Kier alpha value is -2.37. The summed E-state index contributed by atoms with van der Waals surface area (Å²) in [5, 5.41) is 9.42. The number of rotatable bonds is 5. The van der Waals surface area contributed by atoms with Gasteiger partial charge >= 0.3 is 0 Å². The largest absolute Gasteiger partial charge is 0.374 e. The number of anilines is 2. The molecular formula is C14H16FN3O2. The maximum absolute atomic E-state index is 12.8. The average Bonchev–Trinajstić information content (AvgIpc) is 2.83. The normalized spacial score (nSPS) is 11.9. The smallest absolute Gasteiger partial charge is 0.248 e. The van der Waals surface area contributed by atoms with Crippen molar-refractivity contribution in [2.75, 3.05) is 10.6 Å². The summed E-state index contributed by atoms with van der Waals surface area (Å²) in [5.41, 5.74) is 0.685. The van der Waals surface area contributed by atoms with Crippen molar-refractivity contribution in [1.29, 1.82) is 0 Å². The molecule has 1 heterocycles. The Balaban J connectivity index is 2.00. The van der Waals surface area contributed by atoms with Gasteiger partial charge < -0.3 is 15.2 Å². The van der Waals surface area contributed by atoms with Crippen LogP contribution in [0.1, 0.15) is 19.1 Å². The van der Waals surface area contributed by atoms with Crippen LogP contribution >= 0.6 is 0 Å². The molecule has 1 aromatic carbocycles. The fourth-order valence-electron chi connectivity index (χ4n) is 1.74. The molecule has 2 N–H and O–H groups in total. The first-order chi connectivity index (χ1) is 9.58. The predicted molar refractivity (Wildman–Crippen MR) is 74.0 cm³/mol. The molecular weight excluding hydrogens is 261 g/mol. The first-order valence-corrected chi connectivity index (χ1v) is 6.34. The molecule has 0 aliphatic rings. The molecule has 0 fully saturated rings. The second-order valence-electron chi connectivity index (χ2n) is 4.42. The molecule has 0 bridgehead atoms. The summed E-state index contributed by atoms with van der Waals surface area (Å²) < 4.78 is 17.7. The maximum Gasteiger partial charge on any atom is 0.248 e. The number of benzene rings is 1. The minimum absolute atomic E-state index is 0.217. The highest BCUT2D eigenvalue weighted by Gasteiger charge is 2.17. The third-order valence-electron chi connectivity index (χ3n) is 2.79. The van der Waals surface area contributed by atoms with Crippen molar-refractivity contribution in [3.63, 3.8) is 0 Å². The molecule has 1 amide bonds. The van der Waals surface area contributed by atoms with Crippen LogP contribution in [0.2, 0.25) is 0 Å². The Morgan fingerprint density at radius 1 is 1.40 bits per heavy atom. The van der Waals surface area contributed by atoms with Crippen LogP contribution in [0.4, 0.5) is 15.9 Å². The van der Waals surface area contributed by atoms with Gasteiger partial charge in [0.15, 0.2) is 5.82 Å². The Kier molecular flexibility index (Phi) is 4.34. The minimum Gasteiger partial charge on any atom is -0.374 e. The predicted octanol–water partition coefficient (Wildman–Crippen LogP) is 2.95. The van der Waals surface area contributed by atoms with Crippen molar-refractivity contribution in [2.45, 2.75) is 26.3 Å². The van der Waals surface area contributed by atoms with Gasteiger partial charge in [-0.3, -0.25) is 4.79 Å². The molecule has 0 aliphatic carbocycles. The van der Waals surface area contributed by atoms with Crippen molar-refractivity contribution in [3.05, 3.63) is 41.9 Å². The standard InChI is InChI=1S/C14H16FN3O2/c1-3-12(16-11-6-4-10(15)5-7-11)14(19)17-13-8-9(2)20-18-13/h4-8,12,16H,3H2,1-2H3,(H,17,18,19)/t12-/m1/s1. The molecule has 2 rings (SSSR count). The SMILES string of the molecule is CC[C@@H](Nc1ccc(F)cc1)C(=O)Nc1cc(C)on1. The summed E-state index contributed by atoms with van der Waals surface area (Å²) in [7, 11) is 0. The zero-order chi connectivity index (χ0) is 14.5. The van der Waals surface area contributed by atoms with Crippen LogP contribution in [0.5, 0.6) is 0 Å². The van der Waals surface area contributed by atoms with E-state index in [2.05, 4.69) is 15.8 Å². The Morgan fingerprint density at radius 3 is 2.65 bits per heavy atom. The summed E-state index contributed by atoms with van der Waals surface area (Å²) in [6, 6.07) is 7.07. The monoisotopic (exact) mass is 277 g/mol. The van der Waals surface area contributed by atoms with E-state index in [1.807, 2.05) is 6.92 Å². The van der Waals surface area contributed by atoms with Crippen LogP contribution < -0.4 is 10.6 Å². The van der Waals surface area contributed by atoms with Gasteiger partial charge in [-0.15, -0.1) is 0 Å². The summed E-state index contributed by atoms with van der Waals surface area (Å²) in [6.07, 6.45) is 0.583. The van der Waals surface area contributed by atoms with E-state index in [0.717, 1.165) is 0 Å². The van der Waals surface area contributed by atoms with Crippen LogP contribution in [0, 0.1) is 12.7 Å². The fourth-order valence-corrected chi connectivity index (χ4v) is 1.74. The Morgan fingerprint density at radius 2 is 2.10 bits per heavy atom. The van der Waals surface area contributed by atoms with Gasteiger partial charge in [-0.1, -0.05) is 12.1 Å². The van der Waals surface area contributed by atoms with Crippen LogP contribution in [-0.4, -0.2) is 17.1 Å². The van der Waals surface area contributed by atoms with Gasteiger partial charge in [-0.05, 0) is 37.6 Å². The summed E-state index contributed by atoms with van der Waals surface area (Å²) >= 11 is 0. The quantitative estimate of drug-likeness (QED) is 0.881. The van der Waals surface area contributed by atoms with Crippen LogP contribution in [0.15, 0.2) is 34.9 Å². The molecule has 0 saturated heterocycles. The molecule has 0 radical (unpaired) electrons. The van der Waals surface area contributed by atoms with E-state index in [0.29, 0.717) is 23.7 Å². The van der Waals surface area contributed by atoms with Crippen molar-refractivity contribution in [1.82, 2.24) is 5.16 Å². The van der Waals surface area contributed by atoms with Gasteiger partial charge in [0.2, 0.25) is 5.91 Å². The van der Waals surface area contributed by atoms with Crippen LogP contribution in [0.25, 0.3) is 0 Å². The van der Waals surface area contributed by atoms with E-state index in [1.165, 1.54) is 12.1 Å². The molecule has 0 unspecified atom stereocenters. The lowest BCUT2D eigenvalue weighted by atomic mass is 10.2. The summed E-state index contributed by atoms with van der Waals surface area (Å²) in [6.45, 7) is 3.63. The van der Waals surface area contributed by atoms with Gasteiger partial charge in [0.25, 0.3) is 0 Å². The lowest BCUT2D eigenvalue weighted by Crippen LogP contribution is -2.34. The number of halogens is 1. The molecule has 5 nitrogen and oxygen atoms in total. The number of nitrogens with one attached hydrogen (secondary N) is 2. The van der Waals surface area contributed by atoms with E-state index in [1.54, 1.807) is 25.1 Å². The first kappa shape index (κ1) is 14.0. The number of carbonyl (C=O) groups excluding carboxylic acids is 1. The molecule has 6 heteroatoms. The maximum atomic E-state index is 12.8. The minimum atomic E-state index is -0.433. The first-order valence-electron chi connectivity index (χ1n) is 6.34. The topological polar surface area (TPSA) is 67.2 Å². The molecule has 0 saturated carbocycles. The van der Waals surface area contributed by atoms with Crippen LogP contribution in [0.3, 0.4) is 0 Å². The van der Waals surface area contributed by atoms with Gasteiger partial charge in [0.05, 0.1) is 0 Å². The third-order valence-corrected chi connectivity index (χ3v) is 2.79. The fraction of sp³-hybridized carbons (Fsp3) is 0.286. The van der Waals surface area contributed by atoms with Crippen molar-refractivity contribution >= 4 is 17.4 Å². The van der Waals surface area contributed by atoms with E-state index >= 15 is 0 Å². The second-order valence-corrected chi connectivity index (χ2v) is 4.42. The molecule has 2 aromatic rings. The summed E-state index contributed by atoms with van der Waals surface area (Å²) in [4.78, 5) is 12.1. The molecule has 0 aliphatic heterocycles. The summed E-state index contributed by atoms with van der Waals surface area (Å²) in [5.74, 6) is 0.475. The zero-order valence-electron chi connectivity index (χ0n) is 11.3. The number of carbonyl (C=O) groups is 1. The number of amides is 1. The van der Waals surface area contributed by atoms with Gasteiger partial charge in [-0.25, -0.2) is 4.39 Å². The van der Waals surface area contributed by atoms with Crippen LogP contribution in [-0.2, 0) is 4.79 Å². The lowest BCUT2D eigenvalue weighted by molar-refractivity contribution is -0.117. The molecule has 106 valence electrons. The second kappa shape index (κ2) is 6.18. The highest BCUT2D eigenvalue weighted by molar-refractivity contribution is 5.95. The highest BCUT2D eigenvalue weighted by atomic mass is 19.1. The van der Waals surface area contributed by atoms with Crippen molar-refractivity contribution in [2.24, 2.45) is 0 Å². The van der Waals surface area contributed by atoms with E-state index in [-0.39, 0.29) is 11.7 Å². The average molecular weight is 277 g/mol. The van der Waals surface area contributed by atoms with Gasteiger partial charge in [0, 0.05) is 11.8 Å². The third kappa shape index (κ3) is 3.57. The van der Waals surface area contributed by atoms with E-state index in [4.69, 9.17) is 4.52 Å². The van der Waals surface area contributed by atoms with Gasteiger partial charge in [-0.2, -0.15) is 0 Å². The molecule has 1 atom stereocenters. The Bertz CT molecular complexity index is 580. The van der Waals surface area contributed by atoms with Crippen molar-refractivity contribution in [3.8, 4) is 0 Å². The number of aromatic nitrogens is 1. The van der Waals surface area contributed by atoms with Crippen molar-refractivity contribution < 1.29 is 13.7 Å².